The number of amidine groups is 2. The Morgan fingerprint density at radius 3 is 2.43 bits per heavy atom. The van der Waals surface area contributed by atoms with Crippen molar-refractivity contribution in [1.29, 1.82) is 10.8 Å². The van der Waals surface area contributed by atoms with E-state index in [1.807, 2.05) is 68.4 Å². The van der Waals surface area contributed by atoms with E-state index in [9.17, 15) is 0 Å². The molecule has 0 fully saturated rings. The quantitative estimate of drug-likeness (QED) is 0.352. The van der Waals surface area contributed by atoms with Crippen LogP contribution in [0.1, 0.15) is 23.7 Å². The van der Waals surface area contributed by atoms with Gasteiger partial charge in [-0.05, 0) is 49.7 Å². The lowest BCUT2D eigenvalue weighted by molar-refractivity contribution is 0.415. The lowest BCUT2D eigenvalue weighted by Gasteiger charge is -2.12. The molecule has 0 amide bonds. The van der Waals surface area contributed by atoms with E-state index in [1.165, 1.54) is 17.3 Å². The van der Waals surface area contributed by atoms with Crippen LogP contribution < -0.4 is 10.5 Å². The van der Waals surface area contributed by atoms with Gasteiger partial charge in [-0.2, -0.15) is 5.10 Å². The number of methoxy groups -OCH3 is 1. The molecule has 30 heavy (non-hydrogen) atoms. The number of nitrogens with one attached hydrogen (secondary N) is 3. The van der Waals surface area contributed by atoms with Crippen molar-refractivity contribution in [3.05, 3.63) is 71.4 Å². The number of ether oxygens (including phenoxy) is 1. The highest BCUT2D eigenvalue weighted by atomic mass is 32.2. The highest BCUT2D eigenvalue weighted by Gasteiger charge is 2.15. The fourth-order valence-corrected chi connectivity index (χ4v) is 3.49. The van der Waals surface area contributed by atoms with Gasteiger partial charge in [-0.25, -0.2) is 4.99 Å². The molecule has 0 bridgehead atoms. The molecule has 0 aliphatic rings. The normalized spacial score (nSPS) is 12.4. The highest BCUT2D eigenvalue weighted by molar-refractivity contribution is 8.14. The number of aromatic amines is 1. The van der Waals surface area contributed by atoms with Crippen LogP contribution in [0.15, 0.2) is 59.6 Å². The van der Waals surface area contributed by atoms with E-state index >= 15 is 0 Å². The lowest BCUT2D eigenvalue weighted by Crippen LogP contribution is -2.18. The molecule has 1 atom stereocenters. The van der Waals surface area contributed by atoms with Gasteiger partial charge < -0.3 is 15.9 Å². The molecule has 3 aromatic rings. The smallest absolute Gasteiger partial charge is 0.182 e. The predicted molar refractivity (Wildman–Crippen MR) is 124 cm³/mol. The van der Waals surface area contributed by atoms with Gasteiger partial charge in [0.1, 0.15) is 11.4 Å². The van der Waals surface area contributed by atoms with Crippen molar-refractivity contribution in [3.63, 3.8) is 0 Å². The Morgan fingerprint density at radius 1 is 1.13 bits per heavy atom. The molecule has 8 heteroatoms. The maximum Gasteiger partial charge on any atom is 0.182 e. The topological polar surface area (TPSA) is 124 Å². The molecule has 2 aromatic carbocycles. The summed E-state index contributed by atoms with van der Waals surface area (Å²) in [6.07, 6.45) is 0. The van der Waals surface area contributed by atoms with Crippen LogP contribution in [-0.2, 0) is 0 Å². The van der Waals surface area contributed by atoms with E-state index in [4.69, 9.17) is 21.3 Å². The molecule has 3 rings (SSSR count). The van der Waals surface area contributed by atoms with Gasteiger partial charge in [-0.3, -0.25) is 10.5 Å². The van der Waals surface area contributed by atoms with Crippen LogP contribution >= 0.6 is 11.8 Å². The van der Waals surface area contributed by atoms with E-state index in [0.29, 0.717) is 11.4 Å². The third kappa shape index (κ3) is 5.15. The molecule has 154 valence electrons. The number of hydrogen-bond acceptors (Lipinski definition) is 5. The third-order valence-electron chi connectivity index (χ3n) is 4.52. The summed E-state index contributed by atoms with van der Waals surface area (Å²) in [5.74, 6) is 0.920. The average Bonchev–Trinajstić information content (AvgIpc) is 3.24. The number of H-pyrrole nitrogens is 1. The monoisotopic (exact) mass is 420 g/mol. The minimum absolute atomic E-state index is 0.0322. The summed E-state index contributed by atoms with van der Waals surface area (Å²) in [5, 5.41) is 23.4. The first kappa shape index (κ1) is 21.3. The van der Waals surface area contributed by atoms with Crippen molar-refractivity contribution in [2.75, 3.05) is 7.11 Å². The molecule has 1 unspecified atom stereocenters. The Bertz CT molecular complexity index is 1070. The maximum absolute atomic E-state index is 8.36. The van der Waals surface area contributed by atoms with Crippen molar-refractivity contribution in [1.82, 2.24) is 10.2 Å². The van der Waals surface area contributed by atoms with Gasteiger partial charge in [0.15, 0.2) is 11.0 Å². The summed E-state index contributed by atoms with van der Waals surface area (Å²) in [4.78, 5) is 4.16. The Labute approximate surface area is 179 Å². The van der Waals surface area contributed by atoms with Gasteiger partial charge in [0.05, 0.1) is 23.8 Å². The van der Waals surface area contributed by atoms with Gasteiger partial charge in [-0.1, -0.05) is 41.6 Å². The fraction of sp³-hybridized carbons (Fsp3) is 0.182. The van der Waals surface area contributed by atoms with E-state index < -0.39 is 0 Å². The number of aryl methyl sites for hydroxylation is 1. The van der Waals surface area contributed by atoms with Crippen LogP contribution in [0.25, 0.3) is 11.3 Å². The number of thioether (sulfide) groups is 1. The molecule has 0 aliphatic carbocycles. The molecule has 0 saturated carbocycles. The zero-order valence-corrected chi connectivity index (χ0v) is 17.9. The minimum Gasteiger partial charge on any atom is -0.497 e. The van der Waals surface area contributed by atoms with Gasteiger partial charge in [0.2, 0.25) is 0 Å². The van der Waals surface area contributed by atoms with Crippen LogP contribution in [0.2, 0.25) is 0 Å². The molecule has 0 radical (unpaired) electrons. The number of hydrogen-bond donors (Lipinski definition) is 4. The molecule has 0 saturated heterocycles. The van der Waals surface area contributed by atoms with Crippen LogP contribution in [-0.4, -0.2) is 39.3 Å². The zero-order chi connectivity index (χ0) is 21.7. The summed E-state index contributed by atoms with van der Waals surface area (Å²) in [6.45, 7) is 3.90. The average molecular weight is 421 g/mol. The van der Waals surface area contributed by atoms with E-state index in [-0.39, 0.29) is 16.3 Å². The number of nitrogens with zero attached hydrogens (tertiary/aromatic N) is 2. The number of rotatable bonds is 6. The molecular formula is C22H24N6OS. The second kappa shape index (κ2) is 9.41. The van der Waals surface area contributed by atoms with Crippen molar-refractivity contribution >= 4 is 28.5 Å². The molecular weight excluding hydrogens is 396 g/mol. The summed E-state index contributed by atoms with van der Waals surface area (Å²) >= 11 is 1.17. The van der Waals surface area contributed by atoms with E-state index in [0.717, 1.165) is 22.6 Å². The van der Waals surface area contributed by atoms with Crippen molar-refractivity contribution < 1.29 is 4.74 Å². The molecule has 1 heterocycles. The number of aromatic nitrogens is 2. The number of benzene rings is 2. The van der Waals surface area contributed by atoms with E-state index in [1.54, 1.807) is 7.11 Å². The second-order valence-electron chi connectivity index (χ2n) is 6.74. The number of nitrogens with two attached hydrogens (primary N) is 1. The van der Waals surface area contributed by atoms with Crippen LogP contribution in [0, 0.1) is 17.7 Å². The Kier molecular flexibility index (Phi) is 6.68. The molecule has 5 N–H and O–H groups in total. The highest BCUT2D eigenvalue weighted by Crippen LogP contribution is 2.21. The largest absolute Gasteiger partial charge is 0.497 e. The van der Waals surface area contributed by atoms with Crippen molar-refractivity contribution in [2.45, 2.75) is 19.1 Å². The summed E-state index contributed by atoms with van der Waals surface area (Å²) in [6, 6.07) is 17.1. The van der Waals surface area contributed by atoms with Gasteiger partial charge in [-0.15, -0.1) is 0 Å². The lowest BCUT2D eigenvalue weighted by atomic mass is 10.1. The summed E-state index contributed by atoms with van der Waals surface area (Å²) in [7, 11) is 1.60. The summed E-state index contributed by atoms with van der Waals surface area (Å²) < 4.78 is 5.15. The first-order valence-electron chi connectivity index (χ1n) is 9.32. The number of aliphatic imine (C=N–C) groups is 1. The van der Waals surface area contributed by atoms with Gasteiger partial charge in [0, 0.05) is 5.56 Å². The molecule has 0 aliphatic heterocycles. The van der Waals surface area contributed by atoms with Gasteiger partial charge >= 0.3 is 0 Å². The standard InChI is InChI=1S/C22H24N6OS/c1-13-4-6-15(7-5-13)18-12-19(28-27-18)21(24)26-22(25)30-14(2)20(23)16-8-10-17(29-3)11-9-16/h4-12,14,23H,1-3H3,(H,27,28)(H3,24,25,26). The Hall–Kier alpha value is -3.39. The van der Waals surface area contributed by atoms with Crippen LogP contribution in [0.4, 0.5) is 0 Å². The summed E-state index contributed by atoms with van der Waals surface area (Å²) in [5.41, 5.74) is 10.7. The first-order valence-corrected chi connectivity index (χ1v) is 10.2. The third-order valence-corrected chi connectivity index (χ3v) is 5.42. The van der Waals surface area contributed by atoms with Crippen molar-refractivity contribution in [3.8, 4) is 17.0 Å². The van der Waals surface area contributed by atoms with Crippen LogP contribution in [0.5, 0.6) is 5.75 Å². The zero-order valence-electron chi connectivity index (χ0n) is 17.1. The maximum atomic E-state index is 8.36. The van der Waals surface area contributed by atoms with Crippen molar-refractivity contribution in [2.24, 2.45) is 10.7 Å². The minimum atomic E-state index is -0.257. The van der Waals surface area contributed by atoms with Crippen LogP contribution in [0.3, 0.4) is 0 Å². The second-order valence-corrected chi connectivity index (χ2v) is 8.07. The Balaban J connectivity index is 1.65. The molecule has 0 spiro atoms. The van der Waals surface area contributed by atoms with E-state index in [2.05, 4.69) is 15.2 Å². The Morgan fingerprint density at radius 2 is 1.80 bits per heavy atom. The SMILES string of the molecule is COc1ccc(C(=N)C(C)SC(=N)N=C(N)c2cc(-c3ccc(C)cc3)n[nH]2)cc1. The first-order chi connectivity index (χ1) is 14.4. The molecule has 1 aromatic heterocycles. The fourth-order valence-electron chi connectivity index (χ4n) is 2.75. The molecule has 7 nitrogen and oxygen atoms in total. The van der Waals surface area contributed by atoms with Gasteiger partial charge in [0.25, 0.3) is 0 Å². The predicted octanol–water partition coefficient (Wildman–Crippen LogP) is 4.22.